The summed E-state index contributed by atoms with van der Waals surface area (Å²) in [7, 11) is 1.82. The number of fused-ring (bicyclic) bond motifs is 2. The predicted molar refractivity (Wildman–Crippen MR) is 174 cm³/mol. The van der Waals surface area contributed by atoms with E-state index in [4.69, 9.17) is 4.98 Å². The van der Waals surface area contributed by atoms with Gasteiger partial charge in [-0.05, 0) is 55.8 Å². The Hall–Kier alpha value is -5.48. The number of phenols is 1. The van der Waals surface area contributed by atoms with Crippen LogP contribution in [0.25, 0.3) is 34.1 Å². The van der Waals surface area contributed by atoms with Gasteiger partial charge in [-0.2, -0.15) is 10.2 Å². The normalized spacial score (nSPS) is 13.0. The van der Waals surface area contributed by atoms with E-state index in [1.165, 1.54) is 22.8 Å². The van der Waals surface area contributed by atoms with Gasteiger partial charge >= 0.3 is 5.69 Å². The molecule has 6 rings (SSSR count). The number of benzene rings is 1. The van der Waals surface area contributed by atoms with Crippen LogP contribution in [0.15, 0.2) is 47.9 Å². The Bertz CT molecular complexity index is 2130. The number of hydrogen-bond acceptors (Lipinski definition) is 9. The highest BCUT2D eigenvalue weighted by Gasteiger charge is 2.29. The highest BCUT2D eigenvalue weighted by atomic mass is 19.1. The van der Waals surface area contributed by atoms with Crippen LogP contribution in [-0.4, -0.2) is 59.2 Å². The van der Waals surface area contributed by atoms with Crippen LogP contribution in [0.1, 0.15) is 48.2 Å². The number of nitriles is 1. The maximum Gasteiger partial charge on any atom is 0.355 e. The van der Waals surface area contributed by atoms with Crippen molar-refractivity contribution in [2.24, 2.45) is 0 Å². The standard InChI is InChI=1S/C34H33F2N9O2/c1-6-27-39-24(17-42(5)13-11-37)25-18-43(14-15-44(25)27)32-21-16-23(36)30(28-22(35)8-7-9-26(28)46)40-33(21)45(34(47)41-32)31-20(4)10-12-38-29(31)19(2)3/h6-10,12,16,19,46H,1,13-15,17-18H2,2-5H3. The Kier molecular flexibility index (Phi) is 8.29. The lowest BCUT2D eigenvalue weighted by Crippen LogP contribution is -2.37. The summed E-state index contributed by atoms with van der Waals surface area (Å²) in [5.41, 5.74) is 1.88. The van der Waals surface area contributed by atoms with Crippen LogP contribution >= 0.6 is 0 Å². The minimum absolute atomic E-state index is 0.0388. The van der Waals surface area contributed by atoms with Crippen LogP contribution in [0.5, 0.6) is 5.75 Å². The average Bonchev–Trinajstić information content (AvgIpc) is 3.37. The Morgan fingerprint density at radius 1 is 1.17 bits per heavy atom. The summed E-state index contributed by atoms with van der Waals surface area (Å²) in [6.07, 6.45) is 3.32. The van der Waals surface area contributed by atoms with Crippen LogP contribution < -0.4 is 10.6 Å². The van der Waals surface area contributed by atoms with E-state index >= 15 is 8.78 Å². The zero-order valence-corrected chi connectivity index (χ0v) is 26.5. The van der Waals surface area contributed by atoms with Crippen LogP contribution in [0.2, 0.25) is 0 Å². The number of phenolic OH excluding ortho intramolecular Hbond substituents is 1. The lowest BCUT2D eigenvalue weighted by atomic mass is 10.0. The first-order chi connectivity index (χ1) is 22.5. The van der Waals surface area contributed by atoms with E-state index in [2.05, 4.69) is 27.6 Å². The third kappa shape index (κ3) is 5.50. The van der Waals surface area contributed by atoms with Crippen LogP contribution in [0, 0.1) is 29.9 Å². The second kappa shape index (κ2) is 12.4. The van der Waals surface area contributed by atoms with Gasteiger partial charge in [-0.3, -0.25) is 9.88 Å². The molecule has 1 aromatic carbocycles. The summed E-state index contributed by atoms with van der Waals surface area (Å²) < 4.78 is 34.5. The molecule has 0 unspecified atom stereocenters. The molecule has 47 heavy (non-hydrogen) atoms. The first-order valence-electron chi connectivity index (χ1n) is 15.1. The van der Waals surface area contributed by atoms with Gasteiger partial charge in [0.15, 0.2) is 11.5 Å². The summed E-state index contributed by atoms with van der Waals surface area (Å²) >= 11 is 0. The largest absolute Gasteiger partial charge is 0.507 e. The molecule has 1 N–H and O–H groups in total. The zero-order valence-electron chi connectivity index (χ0n) is 26.5. The molecule has 1 aliphatic rings. The Morgan fingerprint density at radius 3 is 2.66 bits per heavy atom. The SMILES string of the molecule is C=Cc1nc(CN(C)CC#N)c2n1CCN(c1nc(=O)n(-c3c(C)ccnc3C(C)C)c3nc(-c4c(O)cccc4F)c(F)cc13)C2. The fourth-order valence-electron chi connectivity index (χ4n) is 6.11. The number of aromatic nitrogens is 6. The molecule has 0 saturated heterocycles. The van der Waals surface area contributed by atoms with Crippen molar-refractivity contribution in [2.75, 3.05) is 25.0 Å². The van der Waals surface area contributed by atoms with E-state index in [9.17, 15) is 15.2 Å². The number of rotatable bonds is 8. The molecular formula is C34H33F2N9O2. The van der Waals surface area contributed by atoms with Crippen molar-refractivity contribution in [2.45, 2.75) is 46.3 Å². The van der Waals surface area contributed by atoms with E-state index < -0.39 is 34.3 Å². The van der Waals surface area contributed by atoms with E-state index in [1.807, 2.05) is 42.2 Å². The van der Waals surface area contributed by atoms with Gasteiger partial charge in [0.25, 0.3) is 0 Å². The van der Waals surface area contributed by atoms with E-state index in [0.717, 1.165) is 17.5 Å². The molecular weight excluding hydrogens is 604 g/mol. The Labute approximate surface area is 269 Å². The molecule has 5 aromatic rings. The first-order valence-corrected chi connectivity index (χ1v) is 15.1. The van der Waals surface area contributed by atoms with Gasteiger partial charge in [-0.1, -0.05) is 26.5 Å². The van der Waals surface area contributed by atoms with Gasteiger partial charge < -0.3 is 14.6 Å². The maximum atomic E-state index is 16.1. The van der Waals surface area contributed by atoms with Crippen molar-refractivity contribution in [1.29, 1.82) is 5.26 Å². The summed E-state index contributed by atoms with van der Waals surface area (Å²) in [4.78, 5) is 36.2. The van der Waals surface area contributed by atoms with Gasteiger partial charge in [0.2, 0.25) is 0 Å². The van der Waals surface area contributed by atoms with Crippen molar-refractivity contribution in [3.05, 3.63) is 93.7 Å². The van der Waals surface area contributed by atoms with Crippen LogP contribution in [0.4, 0.5) is 14.6 Å². The third-order valence-electron chi connectivity index (χ3n) is 8.32. The van der Waals surface area contributed by atoms with Crippen molar-refractivity contribution in [3.63, 3.8) is 0 Å². The highest BCUT2D eigenvalue weighted by molar-refractivity contribution is 5.91. The average molecular weight is 638 g/mol. The van der Waals surface area contributed by atoms with Gasteiger partial charge in [-0.25, -0.2) is 28.1 Å². The molecule has 4 aromatic heterocycles. The molecule has 13 heteroatoms. The lowest BCUT2D eigenvalue weighted by Gasteiger charge is -2.31. The number of imidazole rings is 1. The molecule has 5 heterocycles. The predicted octanol–water partition coefficient (Wildman–Crippen LogP) is 5.07. The van der Waals surface area contributed by atoms with Crippen molar-refractivity contribution >= 4 is 22.9 Å². The van der Waals surface area contributed by atoms with Gasteiger partial charge in [0.05, 0.1) is 52.9 Å². The molecule has 11 nitrogen and oxygen atoms in total. The second-order valence-electron chi connectivity index (χ2n) is 11.9. The van der Waals surface area contributed by atoms with Crippen molar-refractivity contribution < 1.29 is 13.9 Å². The molecule has 0 amide bonds. The minimum Gasteiger partial charge on any atom is -0.507 e. The fraction of sp³-hybridized carbons (Fsp3) is 0.294. The molecule has 0 saturated carbocycles. The molecule has 0 atom stereocenters. The summed E-state index contributed by atoms with van der Waals surface area (Å²) in [5, 5.41) is 20.0. The number of halogens is 2. The molecule has 0 bridgehead atoms. The highest BCUT2D eigenvalue weighted by Crippen LogP contribution is 2.37. The summed E-state index contributed by atoms with van der Waals surface area (Å²) in [5.74, 6) is -1.46. The van der Waals surface area contributed by atoms with Crippen LogP contribution in [-0.2, 0) is 19.6 Å². The lowest BCUT2D eigenvalue weighted by molar-refractivity contribution is 0.360. The maximum absolute atomic E-state index is 16.1. The fourth-order valence-corrected chi connectivity index (χ4v) is 6.11. The number of aryl methyl sites for hydroxylation is 1. The molecule has 1 aliphatic heterocycles. The smallest absolute Gasteiger partial charge is 0.355 e. The second-order valence-corrected chi connectivity index (χ2v) is 11.9. The first kappa shape index (κ1) is 31.5. The molecule has 0 radical (unpaired) electrons. The zero-order chi connectivity index (χ0) is 33.6. The topological polar surface area (TPSA) is 129 Å². The number of pyridine rings is 2. The van der Waals surface area contributed by atoms with E-state index in [-0.39, 0.29) is 35.9 Å². The van der Waals surface area contributed by atoms with Gasteiger partial charge in [0.1, 0.15) is 28.9 Å². The Morgan fingerprint density at radius 2 is 1.96 bits per heavy atom. The summed E-state index contributed by atoms with van der Waals surface area (Å²) in [6, 6.07) is 8.74. The van der Waals surface area contributed by atoms with Crippen molar-refractivity contribution in [3.8, 4) is 28.8 Å². The number of hydrogen-bond donors (Lipinski definition) is 1. The van der Waals surface area contributed by atoms with E-state index in [0.29, 0.717) is 42.4 Å². The number of anilines is 1. The van der Waals surface area contributed by atoms with Crippen LogP contribution in [0.3, 0.4) is 0 Å². The minimum atomic E-state index is -0.895. The Balaban J connectivity index is 1.61. The number of aromatic hydroxyl groups is 1. The monoisotopic (exact) mass is 637 g/mol. The van der Waals surface area contributed by atoms with Crippen molar-refractivity contribution in [1.82, 2.24) is 34.0 Å². The van der Waals surface area contributed by atoms with E-state index in [1.54, 1.807) is 18.3 Å². The molecule has 0 aliphatic carbocycles. The molecule has 0 fully saturated rings. The third-order valence-corrected chi connectivity index (χ3v) is 8.32. The molecule has 240 valence electrons. The number of nitrogens with zero attached hydrogens (tertiary/aromatic N) is 9. The quantitative estimate of drug-likeness (QED) is 0.232. The van der Waals surface area contributed by atoms with Gasteiger partial charge in [-0.15, -0.1) is 0 Å². The molecule has 0 spiro atoms. The van der Waals surface area contributed by atoms with Gasteiger partial charge in [0, 0.05) is 25.8 Å². The summed E-state index contributed by atoms with van der Waals surface area (Å²) in [6.45, 7) is 11.4.